The Kier molecular flexibility index (Phi) is 7.00. The number of nitrogens with one attached hydrogen (secondary N) is 1. The monoisotopic (exact) mass is 601 g/mol. The Morgan fingerprint density at radius 1 is 0.875 bits per heavy atom. The third-order valence-electron chi connectivity index (χ3n) is 8.36. The van der Waals surface area contributed by atoms with Crippen molar-refractivity contribution in [2.75, 3.05) is 4.90 Å². The van der Waals surface area contributed by atoms with Gasteiger partial charge >= 0.3 is 6.09 Å². The summed E-state index contributed by atoms with van der Waals surface area (Å²) < 4.78 is 6.72. The number of halogens is 1. The number of ether oxygens (including phenoxy) is 1. The fraction of sp³-hybridized carbons (Fsp3) is 0.344. The van der Waals surface area contributed by atoms with E-state index in [0.29, 0.717) is 23.4 Å². The van der Waals surface area contributed by atoms with Crippen LogP contribution < -0.4 is 10.2 Å². The summed E-state index contributed by atoms with van der Waals surface area (Å²) in [7, 11) is 0. The lowest BCUT2D eigenvalue weighted by molar-refractivity contribution is 0.0662. The maximum atomic E-state index is 13.1. The molecule has 1 saturated carbocycles. The second kappa shape index (κ2) is 10.5. The Morgan fingerprint density at radius 2 is 1.50 bits per heavy atom. The lowest BCUT2D eigenvalue weighted by atomic mass is 9.86. The van der Waals surface area contributed by atoms with Crippen molar-refractivity contribution in [3.8, 4) is 0 Å². The van der Waals surface area contributed by atoms with Gasteiger partial charge in [0.25, 0.3) is 11.8 Å². The summed E-state index contributed by atoms with van der Waals surface area (Å²) in [6.45, 7) is 4.49. The van der Waals surface area contributed by atoms with E-state index in [-0.39, 0.29) is 36.0 Å². The molecule has 2 heterocycles. The molecule has 206 valence electrons. The molecule has 40 heavy (non-hydrogen) atoms. The number of carbonyl (C=O) groups excluding carboxylic acids is 3. The molecule has 3 aromatic rings. The fourth-order valence-electron chi connectivity index (χ4n) is 6.47. The lowest BCUT2D eigenvalue weighted by Gasteiger charge is -2.38. The maximum absolute atomic E-state index is 13.1. The van der Waals surface area contributed by atoms with Gasteiger partial charge < -0.3 is 10.1 Å². The molecule has 8 heteroatoms. The Bertz CT molecular complexity index is 1430. The van der Waals surface area contributed by atoms with Crippen molar-refractivity contribution in [2.24, 2.45) is 0 Å². The molecular formula is C32H32BrN3O4. The number of nitrogens with zero attached hydrogens (tertiary/aromatic N) is 2. The molecule has 0 aromatic heterocycles. The van der Waals surface area contributed by atoms with E-state index in [1.165, 1.54) is 4.90 Å². The molecule has 7 nitrogen and oxygen atoms in total. The van der Waals surface area contributed by atoms with Gasteiger partial charge in [0.15, 0.2) is 0 Å². The highest BCUT2D eigenvalue weighted by Crippen LogP contribution is 2.44. The topological polar surface area (TPSA) is 79.0 Å². The van der Waals surface area contributed by atoms with Crippen LogP contribution in [0.2, 0.25) is 0 Å². The van der Waals surface area contributed by atoms with Gasteiger partial charge in [-0.2, -0.15) is 0 Å². The summed E-state index contributed by atoms with van der Waals surface area (Å²) >= 11 is 3.55. The predicted octanol–water partition coefficient (Wildman–Crippen LogP) is 6.62. The molecule has 3 amide bonds. The summed E-state index contributed by atoms with van der Waals surface area (Å²) in [6.07, 6.45) is 3.32. The summed E-state index contributed by atoms with van der Waals surface area (Å²) in [5, 5.41) is 3.66. The van der Waals surface area contributed by atoms with Crippen LogP contribution in [0.25, 0.3) is 0 Å². The molecule has 6 rings (SSSR count). The summed E-state index contributed by atoms with van der Waals surface area (Å²) in [5.74, 6) is -0.587. The molecule has 3 aromatic carbocycles. The molecule has 1 saturated heterocycles. The third-order valence-corrected chi connectivity index (χ3v) is 8.85. The minimum atomic E-state index is -0.602. The van der Waals surface area contributed by atoms with Crippen molar-refractivity contribution in [3.63, 3.8) is 0 Å². The predicted molar refractivity (Wildman–Crippen MR) is 156 cm³/mol. The average Bonchev–Trinajstić information content (AvgIpc) is 3.35. The molecule has 3 aliphatic rings. The van der Waals surface area contributed by atoms with Gasteiger partial charge in [-0.05, 0) is 81.0 Å². The average molecular weight is 603 g/mol. The Balaban J connectivity index is 1.14. The summed E-state index contributed by atoms with van der Waals surface area (Å²) in [6, 6.07) is 23.0. The van der Waals surface area contributed by atoms with E-state index in [2.05, 4.69) is 33.4 Å². The Morgan fingerprint density at radius 3 is 2.15 bits per heavy atom. The van der Waals surface area contributed by atoms with E-state index in [1.54, 1.807) is 24.3 Å². The SMILES string of the molecule is CC1(C)OC(=O)N([C@H]2CC[C@H](NCc3cc(Br)ccc3N3C(=O)c4ccccc4C3=O)CC2)[C@H]1c1ccccc1. The molecule has 2 fully saturated rings. The van der Waals surface area contributed by atoms with Crippen molar-refractivity contribution < 1.29 is 19.1 Å². The highest BCUT2D eigenvalue weighted by atomic mass is 79.9. The lowest BCUT2D eigenvalue weighted by Crippen LogP contribution is -2.45. The van der Waals surface area contributed by atoms with Crippen molar-refractivity contribution in [2.45, 2.75) is 69.8 Å². The van der Waals surface area contributed by atoms with E-state index in [9.17, 15) is 14.4 Å². The smallest absolute Gasteiger partial charge is 0.411 e. The largest absolute Gasteiger partial charge is 0.441 e. The molecule has 0 radical (unpaired) electrons. The van der Waals surface area contributed by atoms with Gasteiger partial charge in [-0.1, -0.05) is 58.4 Å². The molecule has 2 aliphatic heterocycles. The fourth-order valence-corrected chi connectivity index (χ4v) is 6.87. The van der Waals surface area contributed by atoms with Crippen molar-refractivity contribution in [1.29, 1.82) is 0 Å². The van der Waals surface area contributed by atoms with Gasteiger partial charge in [-0.3, -0.25) is 14.5 Å². The minimum Gasteiger partial charge on any atom is -0.441 e. The molecule has 1 atom stereocenters. The first-order valence-electron chi connectivity index (χ1n) is 13.8. The van der Waals surface area contributed by atoms with Crippen LogP contribution in [0.3, 0.4) is 0 Å². The van der Waals surface area contributed by atoms with Crippen LogP contribution in [0.4, 0.5) is 10.5 Å². The van der Waals surface area contributed by atoms with Gasteiger partial charge in [-0.25, -0.2) is 9.69 Å². The van der Waals surface area contributed by atoms with Crippen molar-refractivity contribution in [1.82, 2.24) is 10.2 Å². The third kappa shape index (κ3) is 4.73. The van der Waals surface area contributed by atoms with Crippen LogP contribution >= 0.6 is 15.9 Å². The van der Waals surface area contributed by atoms with Crippen LogP contribution in [0.5, 0.6) is 0 Å². The van der Waals surface area contributed by atoms with E-state index in [1.807, 2.05) is 55.1 Å². The van der Waals surface area contributed by atoms with Crippen LogP contribution in [0.1, 0.15) is 77.4 Å². The molecule has 0 unspecified atom stereocenters. The van der Waals surface area contributed by atoms with Crippen LogP contribution in [0, 0.1) is 0 Å². The number of rotatable bonds is 6. The number of anilines is 1. The maximum Gasteiger partial charge on any atom is 0.411 e. The summed E-state index contributed by atoms with van der Waals surface area (Å²) in [4.78, 5) is 42.6. The van der Waals surface area contributed by atoms with E-state index in [4.69, 9.17) is 4.74 Å². The number of hydrogen-bond donors (Lipinski definition) is 1. The Labute approximate surface area is 242 Å². The van der Waals surface area contributed by atoms with E-state index < -0.39 is 5.60 Å². The summed E-state index contributed by atoms with van der Waals surface area (Å²) in [5.41, 5.74) is 2.83. The Hall–Kier alpha value is -3.49. The van der Waals surface area contributed by atoms with Gasteiger partial charge in [0, 0.05) is 23.1 Å². The van der Waals surface area contributed by atoms with Crippen LogP contribution in [-0.2, 0) is 11.3 Å². The number of benzene rings is 3. The molecule has 1 aliphatic carbocycles. The normalized spacial score (nSPS) is 23.9. The number of carbonyl (C=O) groups is 3. The number of cyclic esters (lactones) is 1. The minimum absolute atomic E-state index is 0.109. The van der Waals surface area contributed by atoms with Gasteiger partial charge in [0.1, 0.15) is 5.60 Å². The second-order valence-electron chi connectivity index (χ2n) is 11.3. The zero-order valence-corrected chi connectivity index (χ0v) is 24.2. The molecular weight excluding hydrogens is 570 g/mol. The van der Waals surface area contributed by atoms with E-state index in [0.717, 1.165) is 41.3 Å². The molecule has 0 spiro atoms. The van der Waals surface area contributed by atoms with E-state index >= 15 is 0 Å². The van der Waals surface area contributed by atoms with Crippen molar-refractivity contribution in [3.05, 3.63) is 99.5 Å². The van der Waals surface area contributed by atoms with Crippen molar-refractivity contribution >= 4 is 39.5 Å². The highest BCUT2D eigenvalue weighted by Gasteiger charge is 2.51. The zero-order chi connectivity index (χ0) is 28.0. The van der Waals surface area contributed by atoms with Crippen LogP contribution in [-0.4, -0.2) is 40.5 Å². The zero-order valence-electron chi connectivity index (χ0n) is 22.6. The molecule has 1 N–H and O–H groups in total. The number of imide groups is 1. The highest BCUT2D eigenvalue weighted by molar-refractivity contribution is 9.10. The quantitative estimate of drug-likeness (QED) is 0.321. The van der Waals surface area contributed by atoms with Crippen LogP contribution in [0.15, 0.2) is 77.3 Å². The van der Waals surface area contributed by atoms with Gasteiger partial charge in [0.2, 0.25) is 0 Å². The number of hydrogen-bond acceptors (Lipinski definition) is 5. The first kappa shape index (κ1) is 26.7. The molecule has 0 bridgehead atoms. The van der Waals surface area contributed by atoms with Gasteiger partial charge in [-0.15, -0.1) is 0 Å². The first-order valence-corrected chi connectivity index (χ1v) is 14.6. The van der Waals surface area contributed by atoms with Gasteiger partial charge in [0.05, 0.1) is 22.9 Å². The standard InChI is InChI=1S/C32H32BrN3O4/c1-32(2)28(20-8-4-3-5-9-20)35(31(39)40-32)24-15-13-23(14-16-24)34-19-21-18-22(33)12-17-27(21)36-29(37)25-10-6-7-11-26(25)30(36)38/h3-12,17-18,23-24,28,34H,13-16,19H2,1-2H3/t23-,24-,28-/m0/s1. The first-order chi connectivity index (χ1) is 19.2. The number of amides is 3. The second-order valence-corrected chi connectivity index (χ2v) is 12.3. The number of fused-ring (bicyclic) bond motifs is 1.